The summed E-state index contributed by atoms with van der Waals surface area (Å²) in [6.45, 7) is 3.84. The zero-order chi connectivity index (χ0) is 15.5. The van der Waals surface area contributed by atoms with Crippen LogP contribution in [0.4, 0.5) is 0 Å². The van der Waals surface area contributed by atoms with Gasteiger partial charge in [-0.05, 0) is 30.9 Å². The number of hydrogen-bond donors (Lipinski definition) is 2. The third-order valence-corrected chi connectivity index (χ3v) is 4.06. The highest BCUT2D eigenvalue weighted by molar-refractivity contribution is 5.86. The predicted octanol–water partition coefficient (Wildman–Crippen LogP) is 2.06. The predicted molar refractivity (Wildman–Crippen MR) is 77.9 cm³/mol. The van der Waals surface area contributed by atoms with Crippen LogP contribution in [0.15, 0.2) is 24.3 Å². The quantitative estimate of drug-likeness (QED) is 0.870. The maximum Gasteiger partial charge on any atom is 0.329 e. The number of amides is 1. The highest BCUT2D eigenvalue weighted by atomic mass is 16.5. The van der Waals surface area contributed by atoms with E-state index in [1.807, 2.05) is 24.3 Å². The van der Waals surface area contributed by atoms with E-state index in [4.69, 9.17) is 4.74 Å². The first kappa shape index (κ1) is 15.5. The van der Waals surface area contributed by atoms with Gasteiger partial charge in [-0.2, -0.15) is 0 Å². The van der Waals surface area contributed by atoms with Crippen molar-refractivity contribution in [3.05, 3.63) is 35.4 Å². The van der Waals surface area contributed by atoms with E-state index in [2.05, 4.69) is 5.32 Å². The van der Waals surface area contributed by atoms with Gasteiger partial charge in [-0.15, -0.1) is 0 Å². The van der Waals surface area contributed by atoms with Crippen molar-refractivity contribution < 1.29 is 19.4 Å². The van der Waals surface area contributed by atoms with Crippen molar-refractivity contribution in [1.82, 2.24) is 5.32 Å². The summed E-state index contributed by atoms with van der Waals surface area (Å²) in [4.78, 5) is 23.4. The van der Waals surface area contributed by atoms with Crippen LogP contribution < -0.4 is 5.32 Å². The molecular formula is C16H21NO4. The molecule has 5 nitrogen and oxygen atoms in total. The molecule has 5 heteroatoms. The molecule has 0 aliphatic carbocycles. The van der Waals surface area contributed by atoms with Gasteiger partial charge < -0.3 is 15.2 Å². The fraction of sp³-hybridized carbons (Fsp3) is 0.500. The number of carbonyl (C=O) groups is 2. The number of carbonyl (C=O) groups excluding carboxylic acids is 1. The Morgan fingerprint density at radius 2 is 2.14 bits per heavy atom. The summed E-state index contributed by atoms with van der Waals surface area (Å²) >= 11 is 0. The second kappa shape index (κ2) is 6.26. The molecule has 1 aromatic carbocycles. The van der Waals surface area contributed by atoms with Crippen LogP contribution in [0.25, 0.3) is 0 Å². The highest BCUT2D eigenvalue weighted by Gasteiger charge is 2.34. The van der Waals surface area contributed by atoms with Gasteiger partial charge in [0.2, 0.25) is 5.91 Å². The van der Waals surface area contributed by atoms with Gasteiger partial charge in [-0.25, -0.2) is 4.79 Å². The van der Waals surface area contributed by atoms with Crippen molar-refractivity contribution in [3.63, 3.8) is 0 Å². The van der Waals surface area contributed by atoms with Crippen LogP contribution in [0.1, 0.15) is 43.9 Å². The van der Waals surface area contributed by atoms with Gasteiger partial charge in [0.25, 0.3) is 0 Å². The molecule has 2 N–H and O–H groups in total. The SMILES string of the molecule is CCC(C)(NC(=O)CC1OCCc2ccccc21)C(=O)O. The van der Waals surface area contributed by atoms with E-state index in [1.165, 1.54) is 12.5 Å². The van der Waals surface area contributed by atoms with Crippen LogP contribution >= 0.6 is 0 Å². The molecule has 2 rings (SSSR count). The zero-order valence-corrected chi connectivity index (χ0v) is 12.4. The number of nitrogens with one attached hydrogen (secondary N) is 1. The Morgan fingerprint density at radius 3 is 2.81 bits per heavy atom. The molecule has 0 radical (unpaired) electrons. The van der Waals surface area contributed by atoms with Crippen molar-refractivity contribution in [2.45, 2.75) is 44.8 Å². The Balaban J connectivity index is 2.06. The molecule has 0 spiro atoms. The van der Waals surface area contributed by atoms with E-state index in [0.717, 1.165) is 12.0 Å². The van der Waals surface area contributed by atoms with E-state index in [-0.39, 0.29) is 18.4 Å². The molecule has 0 saturated carbocycles. The molecule has 1 aliphatic heterocycles. The van der Waals surface area contributed by atoms with Crippen LogP contribution in [-0.2, 0) is 20.7 Å². The molecule has 21 heavy (non-hydrogen) atoms. The maximum atomic E-state index is 12.1. The average molecular weight is 291 g/mol. The Morgan fingerprint density at radius 1 is 1.43 bits per heavy atom. The Hall–Kier alpha value is -1.88. The summed E-state index contributed by atoms with van der Waals surface area (Å²) in [7, 11) is 0. The van der Waals surface area contributed by atoms with E-state index >= 15 is 0 Å². The molecule has 0 fully saturated rings. The van der Waals surface area contributed by atoms with E-state index in [9.17, 15) is 14.7 Å². The van der Waals surface area contributed by atoms with E-state index in [0.29, 0.717) is 13.0 Å². The minimum atomic E-state index is -1.23. The first-order valence-electron chi connectivity index (χ1n) is 7.20. The number of benzene rings is 1. The first-order chi connectivity index (χ1) is 9.96. The molecule has 0 saturated heterocycles. The molecule has 0 aromatic heterocycles. The van der Waals surface area contributed by atoms with Gasteiger partial charge >= 0.3 is 5.97 Å². The summed E-state index contributed by atoms with van der Waals surface area (Å²) in [6.07, 6.45) is 1.01. The summed E-state index contributed by atoms with van der Waals surface area (Å²) in [5, 5.41) is 11.8. The molecule has 2 atom stereocenters. The lowest BCUT2D eigenvalue weighted by atomic mass is 9.94. The number of hydrogen-bond acceptors (Lipinski definition) is 3. The molecule has 0 bridgehead atoms. The van der Waals surface area contributed by atoms with Gasteiger partial charge in [0.05, 0.1) is 19.1 Å². The third kappa shape index (κ3) is 3.42. The fourth-order valence-electron chi connectivity index (χ4n) is 2.47. The Labute approximate surface area is 124 Å². The summed E-state index contributed by atoms with van der Waals surface area (Å²) in [5.41, 5.74) is 0.983. The molecule has 114 valence electrons. The lowest BCUT2D eigenvalue weighted by molar-refractivity contribution is -0.147. The maximum absolute atomic E-state index is 12.1. The number of carboxylic acids is 1. The largest absolute Gasteiger partial charge is 0.480 e. The van der Waals surface area contributed by atoms with Crippen LogP contribution in [-0.4, -0.2) is 29.1 Å². The highest BCUT2D eigenvalue weighted by Crippen LogP contribution is 2.29. The third-order valence-electron chi connectivity index (χ3n) is 4.06. The topological polar surface area (TPSA) is 75.6 Å². The average Bonchev–Trinajstić information content (AvgIpc) is 2.47. The van der Waals surface area contributed by atoms with Gasteiger partial charge in [0.15, 0.2) is 0 Å². The normalized spacial score (nSPS) is 20.2. The van der Waals surface area contributed by atoms with Gasteiger partial charge in [-0.3, -0.25) is 4.79 Å². The van der Waals surface area contributed by atoms with Crippen molar-refractivity contribution in [2.24, 2.45) is 0 Å². The zero-order valence-electron chi connectivity index (χ0n) is 12.4. The van der Waals surface area contributed by atoms with Gasteiger partial charge in [-0.1, -0.05) is 31.2 Å². The van der Waals surface area contributed by atoms with E-state index in [1.54, 1.807) is 6.92 Å². The minimum absolute atomic E-state index is 0.139. The molecule has 1 amide bonds. The molecular weight excluding hydrogens is 270 g/mol. The lowest BCUT2D eigenvalue weighted by Crippen LogP contribution is -2.52. The first-order valence-corrected chi connectivity index (χ1v) is 7.20. The number of aliphatic carboxylic acids is 1. The second-order valence-electron chi connectivity index (χ2n) is 5.55. The molecule has 2 unspecified atom stereocenters. The molecule has 1 heterocycles. The number of fused-ring (bicyclic) bond motifs is 1. The Kier molecular flexibility index (Phi) is 4.63. The van der Waals surface area contributed by atoms with Crippen LogP contribution in [0.5, 0.6) is 0 Å². The van der Waals surface area contributed by atoms with Crippen LogP contribution in [0.3, 0.4) is 0 Å². The summed E-state index contributed by atoms with van der Waals surface area (Å²) < 4.78 is 5.68. The molecule has 1 aliphatic rings. The van der Waals surface area contributed by atoms with Gasteiger partial charge in [0.1, 0.15) is 5.54 Å². The fourth-order valence-corrected chi connectivity index (χ4v) is 2.47. The molecule has 1 aromatic rings. The monoisotopic (exact) mass is 291 g/mol. The number of carboxylic acid groups (broad SMARTS) is 1. The number of rotatable bonds is 5. The number of ether oxygens (including phenoxy) is 1. The van der Waals surface area contributed by atoms with E-state index < -0.39 is 11.5 Å². The standard InChI is InChI=1S/C16H21NO4/c1-3-16(2,15(19)20)17-14(18)10-13-12-7-5-4-6-11(12)8-9-21-13/h4-7,13H,3,8-10H2,1-2H3,(H,17,18)(H,19,20). The smallest absolute Gasteiger partial charge is 0.329 e. The Bertz CT molecular complexity index is 543. The minimum Gasteiger partial charge on any atom is -0.480 e. The van der Waals surface area contributed by atoms with Crippen molar-refractivity contribution in [3.8, 4) is 0 Å². The van der Waals surface area contributed by atoms with Crippen molar-refractivity contribution in [1.29, 1.82) is 0 Å². The van der Waals surface area contributed by atoms with Gasteiger partial charge in [0, 0.05) is 0 Å². The summed E-state index contributed by atoms with van der Waals surface area (Å²) in [5.74, 6) is -1.33. The van der Waals surface area contributed by atoms with Crippen LogP contribution in [0.2, 0.25) is 0 Å². The van der Waals surface area contributed by atoms with Crippen molar-refractivity contribution in [2.75, 3.05) is 6.61 Å². The lowest BCUT2D eigenvalue weighted by Gasteiger charge is -2.28. The van der Waals surface area contributed by atoms with Crippen LogP contribution in [0, 0.1) is 0 Å². The summed E-state index contributed by atoms with van der Waals surface area (Å²) in [6, 6.07) is 7.89. The second-order valence-corrected chi connectivity index (χ2v) is 5.55. The van der Waals surface area contributed by atoms with Crippen molar-refractivity contribution >= 4 is 11.9 Å².